The van der Waals surface area contributed by atoms with Gasteiger partial charge in [0.2, 0.25) is 0 Å². The number of carbonyl (C=O) groups excluding carboxylic acids is 4. The molecule has 0 aliphatic heterocycles. The van der Waals surface area contributed by atoms with Gasteiger partial charge in [0.1, 0.15) is 19.3 Å². The molecular weight excluding hydrogens is 1140 g/mol. The molecule has 0 saturated heterocycles. The molecule has 0 aliphatic rings. The average Bonchev–Trinajstić information content (AvgIpc) is 3.50. The number of rotatable bonds is 67. The highest BCUT2D eigenvalue weighted by Crippen LogP contribution is 2.45. The third kappa shape index (κ3) is 59.7. The van der Waals surface area contributed by atoms with Gasteiger partial charge in [0, 0.05) is 25.7 Å². The smallest absolute Gasteiger partial charge is 0.462 e. The van der Waals surface area contributed by atoms with Crippen molar-refractivity contribution in [3.05, 3.63) is 0 Å². The standard InChI is InChI=1S/C67H130O17P2/c1-6-10-13-16-19-22-25-27-30-33-36-43-48-53-67(72)83-62(56-77-64(69)50-45-40-34-31-29-26-23-20-17-14-11-7-2)58-81-85(73,74)79-54-61(68)55-80-86(75,76)82-59-63(57-78-65(70)51-46-41-38-37-39-44-49-60(5)9-4)84-66(71)52-47-42-35-32-28-24-21-18-15-12-8-3/h60-63,68H,6-59H2,1-5H3,(H,73,74)(H,75,76)/t60?,61-,62-,63-/m1/s1. The Kier molecular flexibility index (Phi) is 59.2. The SMILES string of the molecule is CCCCCCCCCCCCCCCC(=O)O[C@H](COC(=O)CCCCCCCCCCCCCC)COP(=O)(O)OC[C@@H](O)COP(=O)(O)OC[C@@H](COC(=O)CCCCCCCCC(C)CC)OC(=O)CCCCCCCCCCCCC. The Morgan fingerprint density at radius 3 is 0.826 bits per heavy atom. The number of phosphoric ester groups is 2. The quantitative estimate of drug-likeness (QED) is 0.0222. The summed E-state index contributed by atoms with van der Waals surface area (Å²) < 4.78 is 68.1. The van der Waals surface area contributed by atoms with Crippen molar-refractivity contribution in [2.45, 2.75) is 361 Å². The highest BCUT2D eigenvalue weighted by Gasteiger charge is 2.30. The van der Waals surface area contributed by atoms with Gasteiger partial charge in [0.15, 0.2) is 12.2 Å². The molecule has 0 fully saturated rings. The Bertz CT molecular complexity index is 1670. The lowest BCUT2D eigenvalue weighted by molar-refractivity contribution is -0.161. The van der Waals surface area contributed by atoms with Crippen molar-refractivity contribution in [3.63, 3.8) is 0 Å². The Morgan fingerprint density at radius 2 is 0.558 bits per heavy atom. The molecule has 0 aromatic carbocycles. The molecule has 3 unspecified atom stereocenters. The van der Waals surface area contributed by atoms with Crippen LogP contribution in [0.1, 0.15) is 343 Å². The summed E-state index contributed by atoms with van der Waals surface area (Å²) in [6.07, 6.45) is 45.6. The number of phosphoric acid groups is 2. The highest BCUT2D eigenvalue weighted by atomic mass is 31.2. The lowest BCUT2D eigenvalue weighted by Gasteiger charge is -2.21. The molecule has 0 amide bonds. The first-order valence-corrected chi connectivity index (χ1v) is 38.2. The molecule has 0 bridgehead atoms. The van der Waals surface area contributed by atoms with Gasteiger partial charge in [-0.15, -0.1) is 0 Å². The van der Waals surface area contributed by atoms with Crippen molar-refractivity contribution in [2.24, 2.45) is 5.92 Å². The molecule has 0 radical (unpaired) electrons. The van der Waals surface area contributed by atoms with Gasteiger partial charge in [-0.25, -0.2) is 9.13 Å². The third-order valence-corrected chi connectivity index (χ3v) is 17.8. The Hall–Kier alpha value is -1.94. The zero-order valence-electron chi connectivity index (χ0n) is 55.4. The van der Waals surface area contributed by atoms with Crippen LogP contribution in [0.4, 0.5) is 0 Å². The van der Waals surface area contributed by atoms with Crippen LogP contribution in [-0.4, -0.2) is 96.7 Å². The summed E-state index contributed by atoms with van der Waals surface area (Å²) >= 11 is 0. The van der Waals surface area contributed by atoms with Crippen LogP contribution in [0, 0.1) is 5.92 Å². The van der Waals surface area contributed by atoms with Gasteiger partial charge >= 0.3 is 39.5 Å². The minimum atomic E-state index is -4.95. The van der Waals surface area contributed by atoms with Crippen molar-refractivity contribution in [3.8, 4) is 0 Å². The molecular formula is C67H130O17P2. The van der Waals surface area contributed by atoms with E-state index in [1.54, 1.807) is 0 Å². The number of hydrogen-bond acceptors (Lipinski definition) is 15. The van der Waals surface area contributed by atoms with E-state index in [2.05, 4.69) is 34.6 Å². The van der Waals surface area contributed by atoms with Gasteiger partial charge in [-0.2, -0.15) is 0 Å². The molecule has 510 valence electrons. The zero-order chi connectivity index (χ0) is 63.5. The van der Waals surface area contributed by atoms with E-state index in [-0.39, 0.29) is 25.7 Å². The maximum atomic E-state index is 13.0. The van der Waals surface area contributed by atoms with E-state index >= 15 is 0 Å². The second kappa shape index (κ2) is 60.6. The number of esters is 4. The maximum Gasteiger partial charge on any atom is 0.472 e. The summed E-state index contributed by atoms with van der Waals surface area (Å²) in [5.74, 6) is -1.39. The molecule has 0 aliphatic carbocycles. The van der Waals surface area contributed by atoms with E-state index in [0.717, 1.165) is 102 Å². The van der Waals surface area contributed by atoms with Crippen LogP contribution in [-0.2, 0) is 65.4 Å². The van der Waals surface area contributed by atoms with Gasteiger partial charge in [-0.1, -0.05) is 291 Å². The first-order chi connectivity index (χ1) is 41.6. The van der Waals surface area contributed by atoms with Crippen molar-refractivity contribution in [1.29, 1.82) is 0 Å². The van der Waals surface area contributed by atoms with Crippen LogP contribution in [0.2, 0.25) is 0 Å². The van der Waals surface area contributed by atoms with Crippen molar-refractivity contribution < 1.29 is 80.2 Å². The molecule has 0 aromatic heterocycles. The van der Waals surface area contributed by atoms with Crippen molar-refractivity contribution >= 4 is 39.5 Å². The fourth-order valence-electron chi connectivity index (χ4n) is 10.1. The zero-order valence-corrected chi connectivity index (χ0v) is 57.2. The molecule has 3 N–H and O–H groups in total. The minimum Gasteiger partial charge on any atom is -0.462 e. The second-order valence-electron chi connectivity index (χ2n) is 24.5. The summed E-state index contributed by atoms with van der Waals surface area (Å²) in [5, 5.41) is 10.6. The third-order valence-electron chi connectivity index (χ3n) is 15.9. The first-order valence-electron chi connectivity index (χ1n) is 35.2. The highest BCUT2D eigenvalue weighted by molar-refractivity contribution is 7.47. The molecule has 0 aromatic rings. The fourth-order valence-corrected chi connectivity index (χ4v) is 11.7. The van der Waals surface area contributed by atoms with Gasteiger partial charge in [-0.05, 0) is 31.6 Å². The average molecular weight is 1270 g/mol. The number of aliphatic hydroxyl groups excluding tert-OH is 1. The normalized spacial score (nSPS) is 14.5. The van der Waals surface area contributed by atoms with Gasteiger partial charge < -0.3 is 33.8 Å². The lowest BCUT2D eigenvalue weighted by atomic mass is 10.00. The van der Waals surface area contributed by atoms with Crippen LogP contribution >= 0.6 is 15.6 Å². The second-order valence-corrected chi connectivity index (χ2v) is 27.4. The minimum absolute atomic E-state index is 0.106. The Morgan fingerprint density at radius 1 is 0.326 bits per heavy atom. The molecule has 17 nitrogen and oxygen atoms in total. The van der Waals surface area contributed by atoms with E-state index in [9.17, 15) is 43.2 Å². The van der Waals surface area contributed by atoms with E-state index in [4.69, 9.17) is 37.0 Å². The lowest BCUT2D eigenvalue weighted by Crippen LogP contribution is -2.30. The number of ether oxygens (including phenoxy) is 4. The molecule has 0 heterocycles. The molecule has 0 rings (SSSR count). The summed E-state index contributed by atoms with van der Waals surface area (Å²) in [7, 11) is -9.89. The summed E-state index contributed by atoms with van der Waals surface area (Å²) in [4.78, 5) is 72.4. The fraction of sp³-hybridized carbons (Fsp3) is 0.940. The topological polar surface area (TPSA) is 237 Å². The molecule has 6 atom stereocenters. The van der Waals surface area contributed by atoms with Crippen LogP contribution in [0.5, 0.6) is 0 Å². The monoisotopic (exact) mass is 1270 g/mol. The van der Waals surface area contributed by atoms with E-state index in [0.29, 0.717) is 25.7 Å². The summed E-state index contributed by atoms with van der Waals surface area (Å²) in [6, 6.07) is 0. The van der Waals surface area contributed by atoms with E-state index in [1.165, 1.54) is 161 Å². The molecule has 86 heavy (non-hydrogen) atoms. The maximum absolute atomic E-state index is 13.0. The largest absolute Gasteiger partial charge is 0.472 e. The van der Waals surface area contributed by atoms with E-state index < -0.39 is 97.5 Å². The predicted octanol–water partition coefficient (Wildman–Crippen LogP) is 19.0. The molecule has 0 spiro atoms. The molecule has 0 saturated carbocycles. The number of aliphatic hydroxyl groups is 1. The van der Waals surface area contributed by atoms with Crippen LogP contribution in [0.25, 0.3) is 0 Å². The van der Waals surface area contributed by atoms with Gasteiger partial charge in [0.25, 0.3) is 0 Å². The van der Waals surface area contributed by atoms with Crippen molar-refractivity contribution in [1.82, 2.24) is 0 Å². The van der Waals surface area contributed by atoms with Gasteiger partial charge in [-0.3, -0.25) is 37.3 Å². The van der Waals surface area contributed by atoms with E-state index in [1.807, 2.05) is 0 Å². The Balaban J connectivity index is 5.25. The predicted molar refractivity (Wildman–Crippen MR) is 345 cm³/mol. The number of carbonyl (C=O) groups is 4. The first kappa shape index (κ1) is 84.1. The van der Waals surface area contributed by atoms with Crippen LogP contribution in [0.15, 0.2) is 0 Å². The van der Waals surface area contributed by atoms with Crippen molar-refractivity contribution in [2.75, 3.05) is 39.6 Å². The van der Waals surface area contributed by atoms with Crippen LogP contribution < -0.4 is 0 Å². The number of unbranched alkanes of at least 4 members (excludes halogenated alkanes) is 38. The van der Waals surface area contributed by atoms with Gasteiger partial charge in [0.05, 0.1) is 26.4 Å². The Labute approximate surface area is 524 Å². The summed E-state index contributed by atoms with van der Waals surface area (Å²) in [6.45, 7) is 7.18. The number of hydrogen-bond donors (Lipinski definition) is 3. The molecule has 19 heteroatoms. The summed E-state index contributed by atoms with van der Waals surface area (Å²) in [5.41, 5.74) is 0. The van der Waals surface area contributed by atoms with Crippen LogP contribution in [0.3, 0.4) is 0 Å².